The number of nitrogens with zero attached hydrogens (tertiary/aromatic N) is 4. The van der Waals surface area contributed by atoms with Crippen molar-refractivity contribution in [2.45, 2.75) is 25.7 Å². The zero-order chi connectivity index (χ0) is 19.5. The molecule has 7 nitrogen and oxygen atoms in total. The molecule has 0 unspecified atom stereocenters. The predicted molar refractivity (Wildman–Crippen MR) is 108 cm³/mol. The van der Waals surface area contributed by atoms with Crippen LogP contribution in [0.3, 0.4) is 0 Å². The first-order valence-electron chi connectivity index (χ1n) is 9.57. The highest BCUT2D eigenvalue weighted by Gasteiger charge is 2.24. The average molecular weight is 400 g/mol. The molecule has 28 heavy (non-hydrogen) atoms. The first-order valence-corrected chi connectivity index (χ1v) is 9.95. The van der Waals surface area contributed by atoms with Gasteiger partial charge in [-0.3, -0.25) is 9.59 Å². The molecule has 1 fully saturated rings. The van der Waals surface area contributed by atoms with Crippen molar-refractivity contribution < 1.29 is 9.59 Å². The van der Waals surface area contributed by atoms with Gasteiger partial charge in [-0.15, -0.1) is 0 Å². The van der Waals surface area contributed by atoms with Gasteiger partial charge in [-0.05, 0) is 37.3 Å². The molecule has 2 aliphatic heterocycles. The molecule has 8 heteroatoms. The van der Waals surface area contributed by atoms with E-state index in [-0.39, 0.29) is 23.2 Å². The van der Waals surface area contributed by atoms with Gasteiger partial charge in [0.25, 0.3) is 5.91 Å². The zero-order valence-electron chi connectivity index (χ0n) is 15.5. The minimum absolute atomic E-state index is 0.102. The van der Waals surface area contributed by atoms with E-state index in [0.29, 0.717) is 12.5 Å². The lowest BCUT2D eigenvalue weighted by atomic mass is 10.0. The van der Waals surface area contributed by atoms with Crippen LogP contribution in [0.4, 0.5) is 11.6 Å². The van der Waals surface area contributed by atoms with Crippen molar-refractivity contribution >= 4 is 35.1 Å². The van der Waals surface area contributed by atoms with Crippen LogP contribution >= 0.6 is 11.6 Å². The fourth-order valence-corrected chi connectivity index (χ4v) is 3.89. The van der Waals surface area contributed by atoms with E-state index in [0.717, 1.165) is 50.0 Å². The topological polar surface area (TPSA) is 78.4 Å². The van der Waals surface area contributed by atoms with Crippen molar-refractivity contribution in [2.24, 2.45) is 0 Å². The van der Waals surface area contributed by atoms with Crippen LogP contribution in [-0.4, -0.2) is 48.0 Å². The van der Waals surface area contributed by atoms with Crippen molar-refractivity contribution in [1.29, 1.82) is 0 Å². The number of carbonyl (C=O) groups is 2. The number of aromatic nitrogens is 2. The summed E-state index contributed by atoms with van der Waals surface area (Å²) < 4.78 is 0. The molecular formula is C20H22ClN5O2. The molecule has 4 rings (SSSR count). The highest BCUT2D eigenvalue weighted by atomic mass is 35.5. The molecule has 1 aromatic heterocycles. The normalized spacial score (nSPS) is 16.0. The molecule has 1 aromatic carbocycles. The molecule has 0 spiro atoms. The summed E-state index contributed by atoms with van der Waals surface area (Å²) in [7, 11) is 0. The fourth-order valence-electron chi connectivity index (χ4n) is 3.71. The summed E-state index contributed by atoms with van der Waals surface area (Å²) >= 11 is 6.13. The largest absolute Gasteiger partial charge is 0.342 e. The molecule has 0 aliphatic carbocycles. The monoisotopic (exact) mass is 399 g/mol. The smallest absolute Gasteiger partial charge is 0.272 e. The maximum Gasteiger partial charge on any atom is 0.272 e. The number of nitrogens with one attached hydrogen (secondary N) is 1. The van der Waals surface area contributed by atoms with Crippen LogP contribution in [0, 0.1) is 0 Å². The van der Waals surface area contributed by atoms with Crippen LogP contribution in [0.25, 0.3) is 0 Å². The molecule has 1 N–H and O–H groups in total. The second-order valence-corrected chi connectivity index (χ2v) is 7.43. The number of hydrogen-bond acceptors (Lipinski definition) is 5. The second kappa shape index (κ2) is 8.14. The van der Waals surface area contributed by atoms with Gasteiger partial charge in [-0.25, -0.2) is 9.97 Å². The third-order valence-electron chi connectivity index (χ3n) is 5.15. The average Bonchev–Trinajstić information content (AvgIpc) is 3.26. The van der Waals surface area contributed by atoms with Gasteiger partial charge in [0, 0.05) is 25.3 Å². The second-order valence-electron chi connectivity index (χ2n) is 7.02. The van der Waals surface area contributed by atoms with Gasteiger partial charge in [-0.2, -0.15) is 0 Å². The summed E-state index contributed by atoms with van der Waals surface area (Å²) in [5.74, 6) is -0.111. The molecule has 2 aliphatic rings. The molecule has 2 amide bonds. The summed E-state index contributed by atoms with van der Waals surface area (Å²) in [5, 5.41) is 2.84. The van der Waals surface area contributed by atoms with Crippen LogP contribution in [-0.2, 0) is 11.2 Å². The van der Waals surface area contributed by atoms with Crippen molar-refractivity contribution in [2.75, 3.05) is 36.0 Å². The van der Waals surface area contributed by atoms with Gasteiger partial charge in [-0.1, -0.05) is 29.8 Å². The molecule has 3 heterocycles. The van der Waals surface area contributed by atoms with Crippen LogP contribution in [0.15, 0.2) is 30.5 Å². The van der Waals surface area contributed by atoms with Crippen molar-refractivity contribution in [1.82, 2.24) is 15.3 Å². The number of carbonyl (C=O) groups excluding carboxylic acids is 2. The Labute approximate surface area is 168 Å². The summed E-state index contributed by atoms with van der Waals surface area (Å²) in [6, 6.07) is 7.87. The molecule has 0 saturated carbocycles. The summed E-state index contributed by atoms with van der Waals surface area (Å²) in [6.07, 6.45) is 5.48. The van der Waals surface area contributed by atoms with Gasteiger partial charge in [0.05, 0.1) is 17.8 Å². The Balaban J connectivity index is 1.43. The van der Waals surface area contributed by atoms with Crippen molar-refractivity contribution in [3.63, 3.8) is 0 Å². The zero-order valence-corrected chi connectivity index (χ0v) is 16.3. The minimum atomic E-state index is -0.466. The Morgan fingerprint density at radius 3 is 2.71 bits per heavy atom. The first kappa shape index (κ1) is 18.7. The number of para-hydroxylation sites is 1. The fraction of sp³-hybridized carbons (Fsp3) is 0.400. The van der Waals surface area contributed by atoms with Crippen molar-refractivity contribution in [3.8, 4) is 0 Å². The maximum atomic E-state index is 12.7. The van der Waals surface area contributed by atoms with Gasteiger partial charge < -0.3 is 15.1 Å². The highest BCUT2D eigenvalue weighted by molar-refractivity contribution is 6.33. The number of rotatable bonds is 4. The van der Waals surface area contributed by atoms with Gasteiger partial charge in [0.15, 0.2) is 5.69 Å². The third kappa shape index (κ3) is 3.80. The summed E-state index contributed by atoms with van der Waals surface area (Å²) in [4.78, 5) is 37.6. The number of halogens is 1. The Morgan fingerprint density at radius 1 is 1.11 bits per heavy atom. The Morgan fingerprint density at radius 2 is 1.89 bits per heavy atom. The lowest BCUT2D eigenvalue weighted by Gasteiger charge is -2.29. The SMILES string of the molecule is O=C(NCC(=O)N1CCCc2ccccc21)c1nc(N2CCCC2)ncc1Cl. The van der Waals surface area contributed by atoms with Crippen molar-refractivity contribution in [3.05, 3.63) is 46.7 Å². The molecule has 0 atom stereocenters. The van der Waals surface area contributed by atoms with E-state index in [1.54, 1.807) is 4.90 Å². The van der Waals surface area contributed by atoms with Gasteiger partial charge in [0.1, 0.15) is 0 Å². The predicted octanol–water partition coefficient (Wildman–Crippen LogP) is 2.44. The molecule has 146 valence electrons. The number of benzene rings is 1. The Bertz CT molecular complexity index is 898. The number of amides is 2. The number of aryl methyl sites for hydroxylation is 1. The van der Waals surface area contributed by atoms with E-state index < -0.39 is 5.91 Å². The molecule has 0 bridgehead atoms. The van der Waals surface area contributed by atoms with Gasteiger partial charge >= 0.3 is 0 Å². The number of anilines is 2. The van der Waals surface area contributed by atoms with Crippen LogP contribution in [0.2, 0.25) is 5.02 Å². The van der Waals surface area contributed by atoms with Crippen LogP contribution in [0.5, 0.6) is 0 Å². The van der Waals surface area contributed by atoms with Gasteiger partial charge in [0.2, 0.25) is 11.9 Å². The Kier molecular flexibility index (Phi) is 5.43. The minimum Gasteiger partial charge on any atom is -0.342 e. The van der Waals surface area contributed by atoms with E-state index in [2.05, 4.69) is 15.3 Å². The van der Waals surface area contributed by atoms with Crippen LogP contribution in [0.1, 0.15) is 35.3 Å². The van der Waals surface area contributed by atoms with E-state index in [4.69, 9.17) is 11.6 Å². The lowest BCUT2D eigenvalue weighted by molar-refractivity contribution is -0.117. The quantitative estimate of drug-likeness (QED) is 0.854. The molecule has 0 radical (unpaired) electrons. The van der Waals surface area contributed by atoms with E-state index in [1.807, 2.05) is 29.2 Å². The Hall–Kier alpha value is -2.67. The van der Waals surface area contributed by atoms with E-state index in [9.17, 15) is 9.59 Å². The molecule has 1 saturated heterocycles. The van der Waals surface area contributed by atoms with Crippen LogP contribution < -0.4 is 15.1 Å². The molecule has 2 aromatic rings. The van der Waals surface area contributed by atoms with E-state index in [1.165, 1.54) is 6.20 Å². The summed E-state index contributed by atoms with van der Waals surface area (Å²) in [5.41, 5.74) is 2.18. The first-order chi connectivity index (χ1) is 13.6. The summed E-state index contributed by atoms with van der Waals surface area (Å²) in [6.45, 7) is 2.29. The lowest BCUT2D eigenvalue weighted by Crippen LogP contribution is -2.42. The number of hydrogen-bond donors (Lipinski definition) is 1. The highest BCUT2D eigenvalue weighted by Crippen LogP contribution is 2.26. The third-order valence-corrected chi connectivity index (χ3v) is 5.42. The maximum absolute atomic E-state index is 12.7. The number of fused-ring (bicyclic) bond motifs is 1. The molecular weight excluding hydrogens is 378 g/mol. The van der Waals surface area contributed by atoms with E-state index >= 15 is 0 Å². The standard InChI is InChI=1S/C20H22ClN5O2/c21-15-12-23-20(25-9-3-4-10-25)24-18(15)19(28)22-13-17(27)26-11-5-7-14-6-1-2-8-16(14)26/h1-2,6,8,12H,3-5,7,9-11,13H2,(H,22,28).